The van der Waals surface area contributed by atoms with Crippen LogP contribution in [0.1, 0.15) is 27.2 Å². The normalized spacial score (nSPS) is 16.5. The van der Waals surface area contributed by atoms with E-state index in [4.69, 9.17) is 15.3 Å². The predicted molar refractivity (Wildman–Crippen MR) is 43.5 cm³/mol. The molecule has 3 N–H and O–H groups in total. The Morgan fingerprint density at radius 2 is 1.62 bits per heavy atom. The number of rotatable bonds is 4. The number of ketones is 2. The molecule has 0 aromatic carbocycles. The summed E-state index contributed by atoms with van der Waals surface area (Å²) in [5, 5.41) is 26.6. The van der Waals surface area contributed by atoms with Crippen molar-refractivity contribution in [2.45, 2.75) is 33.2 Å². The van der Waals surface area contributed by atoms with Gasteiger partial charge in [-0.3, -0.25) is 9.59 Å². The Kier molecular flexibility index (Phi) is 3.32. The number of hydrogen-bond donors (Lipinski definition) is 3. The van der Waals surface area contributed by atoms with E-state index >= 15 is 0 Å². The molecule has 0 amide bonds. The number of hydrogen-bond acceptors (Lipinski definition) is 5. The van der Waals surface area contributed by atoms with E-state index in [1.807, 2.05) is 0 Å². The van der Waals surface area contributed by atoms with E-state index in [0.29, 0.717) is 0 Å². The lowest BCUT2D eigenvalue weighted by molar-refractivity contribution is -0.350. The van der Waals surface area contributed by atoms with Crippen molar-refractivity contribution in [3.63, 3.8) is 0 Å². The fraction of sp³-hybridized carbons (Fsp3) is 0.750. The summed E-state index contributed by atoms with van der Waals surface area (Å²) in [5.74, 6) is -4.80. The van der Waals surface area contributed by atoms with E-state index in [0.717, 1.165) is 13.8 Å². The molecule has 0 heterocycles. The number of carbonyl (C=O) groups excluding carboxylic acids is 2. The van der Waals surface area contributed by atoms with Crippen LogP contribution in [0.15, 0.2) is 0 Å². The lowest BCUT2D eigenvalue weighted by atomic mass is 9.78. The summed E-state index contributed by atoms with van der Waals surface area (Å²) in [7, 11) is 0. The maximum absolute atomic E-state index is 11.2. The molecule has 0 fully saturated rings. The van der Waals surface area contributed by atoms with E-state index in [-0.39, 0.29) is 6.42 Å². The van der Waals surface area contributed by atoms with Gasteiger partial charge in [0, 0.05) is 6.42 Å². The van der Waals surface area contributed by atoms with Gasteiger partial charge in [-0.25, -0.2) is 0 Å². The standard InChI is InChI=1S/C8H14O5/c1-4-6(10)7(3,5(2)9)8(11,12)13/h11-13H,4H2,1-3H3. The molecule has 0 aliphatic carbocycles. The van der Waals surface area contributed by atoms with Crippen molar-refractivity contribution in [2.24, 2.45) is 5.41 Å². The Hall–Kier alpha value is -0.780. The molecule has 0 bridgehead atoms. The first-order chi connectivity index (χ1) is 5.67. The second kappa shape index (κ2) is 3.53. The van der Waals surface area contributed by atoms with Crippen LogP contribution in [0.3, 0.4) is 0 Å². The first-order valence-corrected chi connectivity index (χ1v) is 3.89. The Bertz CT molecular complexity index is 227. The average molecular weight is 190 g/mol. The van der Waals surface area contributed by atoms with Gasteiger partial charge in [-0.15, -0.1) is 0 Å². The zero-order valence-electron chi connectivity index (χ0n) is 7.87. The molecule has 5 nitrogen and oxygen atoms in total. The lowest BCUT2D eigenvalue weighted by Crippen LogP contribution is -2.55. The molecular weight excluding hydrogens is 176 g/mol. The summed E-state index contributed by atoms with van der Waals surface area (Å²) in [4.78, 5) is 22.2. The molecule has 0 radical (unpaired) electrons. The first kappa shape index (κ1) is 12.2. The van der Waals surface area contributed by atoms with Gasteiger partial charge in [0.1, 0.15) is 0 Å². The fourth-order valence-corrected chi connectivity index (χ4v) is 0.973. The van der Waals surface area contributed by atoms with E-state index in [1.165, 1.54) is 6.92 Å². The first-order valence-electron chi connectivity index (χ1n) is 3.89. The van der Waals surface area contributed by atoms with Crippen LogP contribution in [0.4, 0.5) is 0 Å². The van der Waals surface area contributed by atoms with Crippen LogP contribution in [0.5, 0.6) is 0 Å². The van der Waals surface area contributed by atoms with Gasteiger partial charge in [-0.05, 0) is 13.8 Å². The van der Waals surface area contributed by atoms with Gasteiger partial charge in [0.2, 0.25) is 0 Å². The van der Waals surface area contributed by atoms with Gasteiger partial charge in [0.05, 0.1) is 0 Å². The largest absolute Gasteiger partial charge is 0.342 e. The molecule has 76 valence electrons. The Balaban J connectivity index is 5.20. The molecule has 0 saturated heterocycles. The van der Waals surface area contributed by atoms with Crippen molar-refractivity contribution in [3.8, 4) is 0 Å². The van der Waals surface area contributed by atoms with E-state index in [2.05, 4.69) is 0 Å². The molecule has 5 heteroatoms. The third-order valence-corrected chi connectivity index (χ3v) is 2.25. The highest BCUT2D eigenvalue weighted by Crippen LogP contribution is 2.30. The highest BCUT2D eigenvalue weighted by molar-refractivity contribution is 6.06. The zero-order valence-corrected chi connectivity index (χ0v) is 7.87. The Labute approximate surface area is 76.0 Å². The van der Waals surface area contributed by atoms with Crippen LogP contribution >= 0.6 is 0 Å². The van der Waals surface area contributed by atoms with Crippen LogP contribution in [0.25, 0.3) is 0 Å². The van der Waals surface area contributed by atoms with Gasteiger partial charge < -0.3 is 15.3 Å². The quantitative estimate of drug-likeness (QED) is 0.398. The molecule has 1 unspecified atom stereocenters. The molecule has 0 aromatic rings. The van der Waals surface area contributed by atoms with Crippen molar-refractivity contribution in [1.82, 2.24) is 0 Å². The minimum absolute atomic E-state index is 0.0560. The molecule has 0 rings (SSSR count). The molecule has 1 atom stereocenters. The fourth-order valence-electron chi connectivity index (χ4n) is 0.973. The summed E-state index contributed by atoms with van der Waals surface area (Å²) in [6.07, 6.45) is -0.0560. The van der Waals surface area contributed by atoms with Gasteiger partial charge in [-0.2, -0.15) is 0 Å². The van der Waals surface area contributed by atoms with Gasteiger partial charge in [-0.1, -0.05) is 6.92 Å². The minimum Gasteiger partial charge on any atom is -0.342 e. The summed E-state index contributed by atoms with van der Waals surface area (Å²) in [6.45, 7) is 3.49. The van der Waals surface area contributed by atoms with Gasteiger partial charge in [0.25, 0.3) is 5.97 Å². The van der Waals surface area contributed by atoms with E-state index in [1.54, 1.807) is 0 Å². The highest BCUT2D eigenvalue weighted by Gasteiger charge is 2.53. The third kappa shape index (κ3) is 1.93. The van der Waals surface area contributed by atoms with Crippen molar-refractivity contribution < 1.29 is 24.9 Å². The van der Waals surface area contributed by atoms with Crippen LogP contribution < -0.4 is 0 Å². The molecule has 13 heavy (non-hydrogen) atoms. The highest BCUT2D eigenvalue weighted by atomic mass is 16.7. The van der Waals surface area contributed by atoms with Gasteiger partial charge >= 0.3 is 0 Å². The van der Waals surface area contributed by atoms with Crippen LogP contribution in [0, 0.1) is 5.41 Å². The zero-order chi connectivity index (χ0) is 10.9. The second-order valence-electron chi connectivity index (χ2n) is 3.09. The summed E-state index contributed by atoms with van der Waals surface area (Å²) in [6, 6.07) is 0. The summed E-state index contributed by atoms with van der Waals surface area (Å²) in [5.41, 5.74) is -2.16. The lowest BCUT2D eigenvalue weighted by Gasteiger charge is -2.32. The Morgan fingerprint density at radius 3 is 1.69 bits per heavy atom. The monoisotopic (exact) mass is 190 g/mol. The predicted octanol–water partition coefficient (Wildman–Crippen LogP) is -0.808. The number of carbonyl (C=O) groups is 2. The smallest absolute Gasteiger partial charge is 0.295 e. The molecule has 0 aromatic heterocycles. The topological polar surface area (TPSA) is 94.8 Å². The molecule has 0 aliphatic heterocycles. The summed E-state index contributed by atoms with van der Waals surface area (Å²) < 4.78 is 0. The van der Waals surface area contributed by atoms with E-state index < -0.39 is 23.0 Å². The van der Waals surface area contributed by atoms with Crippen LogP contribution in [-0.2, 0) is 9.59 Å². The van der Waals surface area contributed by atoms with Crippen molar-refractivity contribution >= 4 is 11.6 Å². The number of Topliss-reactive ketones (excluding diaryl/α,β-unsaturated/α-hetero) is 2. The van der Waals surface area contributed by atoms with E-state index in [9.17, 15) is 9.59 Å². The maximum atomic E-state index is 11.2. The SMILES string of the molecule is CCC(=O)C(C)(C(C)=O)C(O)(O)O. The van der Waals surface area contributed by atoms with Crippen molar-refractivity contribution in [3.05, 3.63) is 0 Å². The number of aliphatic hydroxyl groups is 3. The summed E-state index contributed by atoms with van der Waals surface area (Å²) >= 11 is 0. The molecule has 0 aliphatic rings. The Morgan fingerprint density at radius 1 is 1.23 bits per heavy atom. The molecular formula is C8H14O5. The van der Waals surface area contributed by atoms with Crippen LogP contribution in [-0.4, -0.2) is 32.9 Å². The van der Waals surface area contributed by atoms with Crippen molar-refractivity contribution in [1.29, 1.82) is 0 Å². The van der Waals surface area contributed by atoms with Crippen molar-refractivity contribution in [2.75, 3.05) is 0 Å². The maximum Gasteiger partial charge on any atom is 0.295 e. The second-order valence-corrected chi connectivity index (χ2v) is 3.09. The van der Waals surface area contributed by atoms with Gasteiger partial charge in [0.15, 0.2) is 17.0 Å². The average Bonchev–Trinajstić information content (AvgIpc) is 1.98. The molecule has 0 spiro atoms. The minimum atomic E-state index is -3.30. The van der Waals surface area contributed by atoms with Crippen LogP contribution in [0.2, 0.25) is 0 Å². The third-order valence-electron chi connectivity index (χ3n) is 2.25. The molecule has 0 saturated carbocycles.